The van der Waals surface area contributed by atoms with Gasteiger partial charge in [-0.2, -0.15) is 0 Å². The number of carbonyl (C=O) groups excluding carboxylic acids is 2. The van der Waals surface area contributed by atoms with Gasteiger partial charge < -0.3 is 57.9 Å². The number of carbonyl (C=O) groups is 2. The fourth-order valence-corrected chi connectivity index (χ4v) is 9.19. The standard InChI is InChI=1S/C56H69N5O10/c1-5-19-61-55(62)45-8-6-7-44-47(13-12-46(54(44)45)56(61)63)57-18-17-43-11-16-50(53(40-43)71-37-32-64-4)60-24-30-69-51-38-41(2)9-14-48(51)58-20-26-65-33-35-67-28-22-59(23-29-68-36-34-66-27-21-58)49-15-10-42(3)39-52(49)70-31-25-60/h5-16,38-40,57H,1,17-37H2,2-4H3. The number of nitrogens with one attached hydrogen (secondary N) is 1. The van der Waals surface area contributed by atoms with E-state index in [0.29, 0.717) is 148 Å². The van der Waals surface area contributed by atoms with E-state index in [1.165, 1.54) is 4.90 Å². The predicted molar refractivity (Wildman–Crippen MR) is 279 cm³/mol. The van der Waals surface area contributed by atoms with Gasteiger partial charge in [0.25, 0.3) is 11.8 Å². The minimum Gasteiger partial charge on any atom is -0.490 e. The van der Waals surface area contributed by atoms with Crippen LogP contribution in [0.25, 0.3) is 10.8 Å². The summed E-state index contributed by atoms with van der Waals surface area (Å²) in [5.74, 6) is 1.68. The normalized spacial score (nSPS) is 16.9. The zero-order chi connectivity index (χ0) is 49.4. The summed E-state index contributed by atoms with van der Waals surface area (Å²) in [5.41, 5.74) is 7.99. The molecule has 0 atom stereocenters. The second kappa shape index (κ2) is 25.7. The number of fused-ring (bicyclic) bond motifs is 20. The van der Waals surface area contributed by atoms with Crippen LogP contribution in [-0.4, -0.2) is 155 Å². The Balaban J connectivity index is 1.08. The zero-order valence-corrected chi connectivity index (χ0v) is 41.6. The van der Waals surface area contributed by atoms with Crippen molar-refractivity contribution in [1.29, 1.82) is 0 Å². The van der Waals surface area contributed by atoms with Crippen molar-refractivity contribution >= 4 is 45.3 Å². The second-order valence-electron chi connectivity index (χ2n) is 17.8. The lowest BCUT2D eigenvalue weighted by Crippen LogP contribution is -2.40. The zero-order valence-electron chi connectivity index (χ0n) is 41.6. The Morgan fingerprint density at radius 3 is 1.70 bits per heavy atom. The van der Waals surface area contributed by atoms with E-state index in [4.69, 9.17) is 37.9 Å². The topological polar surface area (TPSA) is 133 Å². The number of benzene rings is 5. The summed E-state index contributed by atoms with van der Waals surface area (Å²) in [5, 5.41) is 5.09. The monoisotopic (exact) mass is 972 g/mol. The lowest BCUT2D eigenvalue weighted by Gasteiger charge is -2.30. The maximum absolute atomic E-state index is 13.4. The van der Waals surface area contributed by atoms with Crippen molar-refractivity contribution in [3.8, 4) is 17.2 Å². The summed E-state index contributed by atoms with van der Waals surface area (Å²) in [6, 6.07) is 28.3. The Hall–Kier alpha value is -6.36. The molecular weight excluding hydrogens is 903 g/mol. The molecule has 4 aliphatic rings. The first kappa shape index (κ1) is 51.0. The Morgan fingerprint density at radius 1 is 0.606 bits per heavy atom. The van der Waals surface area contributed by atoms with Crippen molar-refractivity contribution in [2.24, 2.45) is 0 Å². The van der Waals surface area contributed by atoms with Gasteiger partial charge in [-0.25, -0.2) is 0 Å². The summed E-state index contributed by atoms with van der Waals surface area (Å²) in [7, 11) is 1.67. The molecule has 2 amide bonds. The summed E-state index contributed by atoms with van der Waals surface area (Å²) >= 11 is 0. The third-order valence-electron chi connectivity index (χ3n) is 12.9. The molecule has 0 radical (unpaired) electrons. The van der Waals surface area contributed by atoms with E-state index in [-0.39, 0.29) is 18.4 Å². The van der Waals surface area contributed by atoms with E-state index >= 15 is 0 Å². The molecule has 15 heteroatoms. The molecule has 0 saturated carbocycles. The summed E-state index contributed by atoms with van der Waals surface area (Å²) < 4.78 is 49.9. The SMILES string of the molecule is C=CCN1C(=O)c2cccc3c(NCCc4ccc(N5CCOc6cc(C)ccc6N6CCOCCOCCN(CCOCCOCC6)c6ccc(C)cc6OCC5)c(OCCOC)c4)ccc(c23)C1=O. The molecule has 0 aliphatic carbocycles. The molecule has 0 aromatic heterocycles. The van der Waals surface area contributed by atoms with Crippen LogP contribution in [0.15, 0.2) is 97.6 Å². The molecule has 4 heterocycles. The number of rotatable bonds is 11. The lowest BCUT2D eigenvalue weighted by molar-refractivity contribution is 0.0435. The van der Waals surface area contributed by atoms with E-state index < -0.39 is 0 Å². The first-order valence-corrected chi connectivity index (χ1v) is 24.9. The van der Waals surface area contributed by atoms with Crippen molar-refractivity contribution in [3.63, 3.8) is 0 Å². The lowest BCUT2D eigenvalue weighted by atomic mass is 9.93. The number of amides is 2. The number of anilines is 4. The van der Waals surface area contributed by atoms with Gasteiger partial charge in [0.15, 0.2) is 0 Å². The Bertz CT molecular complexity index is 2470. The van der Waals surface area contributed by atoms with Gasteiger partial charge in [0, 0.05) is 74.0 Å². The maximum Gasteiger partial charge on any atom is 0.261 e. The smallest absolute Gasteiger partial charge is 0.261 e. The highest BCUT2D eigenvalue weighted by Crippen LogP contribution is 2.36. The number of hydrogen-bond acceptors (Lipinski definition) is 14. The third-order valence-corrected chi connectivity index (χ3v) is 12.9. The van der Waals surface area contributed by atoms with Crippen LogP contribution in [-0.2, 0) is 30.1 Å². The first-order chi connectivity index (χ1) is 34.8. The van der Waals surface area contributed by atoms with Gasteiger partial charge in [0.1, 0.15) is 37.1 Å². The predicted octanol–water partition coefficient (Wildman–Crippen LogP) is 7.59. The van der Waals surface area contributed by atoms with Crippen LogP contribution in [0, 0.1) is 13.8 Å². The number of nitrogens with zero attached hydrogens (tertiary/aromatic N) is 4. The van der Waals surface area contributed by atoms with E-state index in [2.05, 4.69) is 95.0 Å². The van der Waals surface area contributed by atoms with Crippen LogP contribution in [0.4, 0.5) is 22.7 Å². The molecule has 5 aromatic rings. The molecule has 2 bridgehead atoms. The maximum atomic E-state index is 13.4. The molecule has 378 valence electrons. The van der Waals surface area contributed by atoms with Crippen molar-refractivity contribution in [2.45, 2.75) is 20.3 Å². The average Bonchev–Trinajstić information content (AvgIpc) is 3.37. The fourth-order valence-electron chi connectivity index (χ4n) is 9.19. The van der Waals surface area contributed by atoms with Crippen LogP contribution < -0.4 is 34.2 Å². The number of ether oxygens (including phenoxy) is 8. The highest BCUT2D eigenvalue weighted by Gasteiger charge is 2.32. The average molecular weight is 972 g/mol. The van der Waals surface area contributed by atoms with Crippen molar-refractivity contribution in [3.05, 3.63) is 125 Å². The fraction of sp³-hybridized carbons (Fsp3) is 0.429. The van der Waals surface area contributed by atoms with Crippen LogP contribution in [0.3, 0.4) is 0 Å². The van der Waals surface area contributed by atoms with E-state index in [0.717, 1.165) is 62.1 Å². The van der Waals surface area contributed by atoms with Gasteiger partial charge in [-0.1, -0.05) is 36.4 Å². The molecule has 5 aromatic carbocycles. The van der Waals surface area contributed by atoms with E-state index in [1.54, 1.807) is 25.3 Å². The number of methoxy groups -OCH3 is 1. The van der Waals surface area contributed by atoms with Crippen molar-refractivity contribution < 1.29 is 47.5 Å². The highest BCUT2D eigenvalue weighted by molar-refractivity contribution is 6.26. The van der Waals surface area contributed by atoms with E-state index in [9.17, 15) is 9.59 Å². The number of aryl methyl sites for hydroxylation is 2. The molecule has 1 N–H and O–H groups in total. The van der Waals surface area contributed by atoms with Crippen LogP contribution >= 0.6 is 0 Å². The van der Waals surface area contributed by atoms with Gasteiger partial charge in [-0.05, 0) is 91.6 Å². The Kier molecular flexibility index (Phi) is 18.4. The molecule has 0 unspecified atom stereocenters. The Labute approximate surface area is 418 Å². The summed E-state index contributed by atoms with van der Waals surface area (Å²) in [4.78, 5) is 34.8. The van der Waals surface area contributed by atoms with Gasteiger partial charge in [0.05, 0.1) is 89.6 Å². The largest absolute Gasteiger partial charge is 0.490 e. The minimum absolute atomic E-state index is 0.156. The Morgan fingerprint density at radius 2 is 1.14 bits per heavy atom. The second-order valence-corrected chi connectivity index (χ2v) is 17.8. The minimum atomic E-state index is -0.313. The van der Waals surface area contributed by atoms with Crippen LogP contribution in [0.2, 0.25) is 0 Å². The van der Waals surface area contributed by atoms with Crippen LogP contribution in [0.5, 0.6) is 17.2 Å². The third kappa shape index (κ3) is 13.1. The molecule has 15 nitrogen and oxygen atoms in total. The van der Waals surface area contributed by atoms with Crippen molar-refractivity contribution in [2.75, 3.05) is 159 Å². The van der Waals surface area contributed by atoms with Gasteiger partial charge in [-0.3, -0.25) is 14.5 Å². The van der Waals surface area contributed by atoms with E-state index in [1.807, 2.05) is 18.2 Å². The molecule has 1 saturated heterocycles. The first-order valence-electron chi connectivity index (χ1n) is 24.9. The summed E-state index contributed by atoms with van der Waals surface area (Å²) in [6.45, 7) is 17.9. The number of imide groups is 1. The van der Waals surface area contributed by atoms with Crippen LogP contribution in [0.1, 0.15) is 37.4 Å². The molecule has 9 rings (SSSR count). The molecule has 0 spiro atoms. The van der Waals surface area contributed by atoms with Gasteiger partial charge in [0.2, 0.25) is 0 Å². The summed E-state index contributed by atoms with van der Waals surface area (Å²) in [6.07, 6.45) is 2.24. The van der Waals surface area contributed by atoms with Gasteiger partial charge in [-0.15, -0.1) is 6.58 Å². The quantitative estimate of drug-likeness (QED) is 0.0604. The molecule has 4 aliphatic heterocycles. The highest BCUT2D eigenvalue weighted by atomic mass is 16.5. The molecular formula is C56H69N5O10. The number of hydrogen-bond donors (Lipinski definition) is 1. The molecule has 71 heavy (non-hydrogen) atoms. The van der Waals surface area contributed by atoms with Gasteiger partial charge >= 0.3 is 0 Å². The van der Waals surface area contributed by atoms with Crippen molar-refractivity contribution in [1.82, 2.24) is 4.90 Å². The molecule has 1 fully saturated rings.